The van der Waals surface area contributed by atoms with Crippen molar-refractivity contribution in [3.05, 3.63) is 0 Å². The molecule has 0 N–H and O–H groups in total. The number of carbonyl (C=O) groups excluding carboxylic acids is 1. The summed E-state index contributed by atoms with van der Waals surface area (Å²) in [5, 5.41) is 0. The van der Waals surface area contributed by atoms with E-state index in [2.05, 4.69) is 4.90 Å². The molecule has 2 heteroatoms. The molecule has 0 aromatic carbocycles. The van der Waals surface area contributed by atoms with E-state index in [-0.39, 0.29) is 0 Å². The first kappa shape index (κ1) is 10.0. The lowest BCUT2D eigenvalue weighted by Crippen LogP contribution is -2.42. The van der Waals surface area contributed by atoms with E-state index in [9.17, 15) is 4.79 Å². The number of carbonyl (C=O) groups is 1. The molecular formula is C12H21NO. The summed E-state index contributed by atoms with van der Waals surface area (Å²) in [4.78, 5) is 14.0. The lowest BCUT2D eigenvalue weighted by molar-refractivity contribution is -0.134. The monoisotopic (exact) mass is 195 g/mol. The molecule has 2 nitrogen and oxygen atoms in total. The van der Waals surface area contributed by atoms with Crippen molar-refractivity contribution in [1.29, 1.82) is 0 Å². The highest BCUT2D eigenvalue weighted by Crippen LogP contribution is 2.34. The first-order valence-corrected chi connectivity index (χ1v) is 6.14. The van der Waals surface area contributed by atoms with Gasteiger partial charge < -0.3 is 4.90 Å². The summed E-state index contributed by atoms with van der Waals surface area (Å²) in [5.74, 6) is 0.388. The standard InChI is InChI=1S/C12H21NO/c1-2-12(14)13(11-8-9-11)10-6-4-3-5-7-10/h10-11H,2-9H2,1H3. The van der Waals surface area contributed by atoms with E-state index in [4.69, 9.17) is 0 Å². The molecule has 0 atom stereocenters. The summed E-state index contributed by atoms with van der Waals surface area (Å²) < 4.78 is 0. The van der Waals surface area contributed by atoms with Crippen LogP contribution in [0.1, 0.15) is 58.3 Å². The summed E-state index contributed by atoms with van der Waals surface area (Å²) in [6.07, 6.45) is 9.72. The smallest absolute Gasteiger partial charge is 0.222 e. The van der Waals surface area contributed by atoms with E-state index in [1.807, 2.05) is 6.92 Å². The molecule has 2 rings (SSSR count). The number of rotatable bonds is 3. The Balaban J connectivity index is 1.97. The predicted octanol–water partition coefficient (Wildman–Crippen LogP) is 2.72. The van der Waals surface area contributed by atoms with Crippen LogP contribution in [0.3, 0.4) is 0 Å². The minimum absolute atomic E-state index is 0.388. The zero-order valence-corrected chi connectivity index (χ0v) is 9.17. The van der Waals surface area contributed by atoms with Gasteiger partial charge in [0.1, 0.15) is 0 Å². The van der Waals surface area contributed by atoms with Crippen LogP contribution in [0.4, 0.5) is 0 Å². The maximum Gasteiger partial charge on any atom is 0.222 e. The molecule has 14 heavy (non-hydrogen) atoms. The van der Waals surface area contributed by atoms with Crippen molar-refractivity contribution in [2.24, 2.45) is 0 Å². The van der Waals surface area contributed by atoms with Crippen LogP contribution in [0.15, 0.2) is 0 Å². The lowest BCUT2D eigenvalue weighted by atomic mass is 9.94. The second-order valence-corrected chi connectivity index (χ2v) is 4.68. The van der Waals surface area contributed by atoms with Crippen LogP contribution in [-0.4, -0.2) is 22.9 Å². The summed E-state index contributed by atoms with van der Waals surface area (Å²) in [6, 6.07) is 1.20. The molecule has 0 heterocycles. The molecule has 0 aromatic heterocycles. The van der Waals surface area contributed by atoms with Gasteiger partial charge in [-0.05, 0) is 25.7 Å². The summed E-state index contributed by atoms with van der Waals surface area (Å²) in [7, 11) is 0. The van der Waals surface area contributed by atoms with Gasteiger partial charge in [0.25, 0.3) is 0 Å². The minimum Gasteiger partial charge on any atom is -0.337 e. The molecule has 2 aliphatic carbocycles. The van der Waals surface area contributed by atoms with E-state index in [1.165, 1.54) is 44.9 Å². The molecule has 0 bridgehead atoms. The number of nitrogens with zero attached hydrogens (tertiary/aromatic N) is 1. The van der Waals surface area contributed by atoms with Gasteiger partial charge in [-0.3, -0.25) is 4.79 Å². The molecule has 2 fully saturated rings. The van der Waals surface area contributed by atoms with Crippen molar-refractivity contribution in [2.75, 3.05) is 0 Å². The van der Waals surface area contributed by atoms with E-state index < -0.39 is 0 Å². The van der Waals surface area contributed by atoms with E-state index in [1.54, 1.807) is 0 Å². The molecule has 0 radical (unpaired) electrons. The summed E-state index contributed by atoms with van der Waals surface area (Å²) >= 11 is 0. The van der Waals surface area contributed by atoms with Gasteiger partial charge in [0, 0.05) is 18.5 Å². The van der Waals surface area contributed by atoms with Crippen LogP contribution in [0, 0.1) is 0 Å². The molecular weight excluding hydrogens is 174 g/mol. The average Bonchev–Trinajstić information content (AvgIpc) is 3.04. The summed E-state index contributed by atoms with van der Waals surface area (Å²) in [6.45, 7) is 1.99. The van der Waals surface area contributed by atoms with Crippen LogP contribution < -0.4 is 0 Å². The Morgan fingerprint density at radius 3 is 2.14 bits per heavy atom. The number of amides is 1. The van der Waals surface area contributed by atoms with Gasteiger partial charge in [-0.25, -0.2) is 0 Å². The third kappa shape index (κ3) is 2.10. The largest absolute Gasteiger partial charge is 0.337 e. The summed E-state index contributed by atoms with van der Waals surface area (Å²) in [5.41, 5.74) is 0. The van der Waals surface area contributed by atoms with Crippen molar-refractivity contribution >= 4 is 5.91 Å². The molecule has 2 aliphatic rings. The van der Waals surface area contributed by atoms with Crippen molar-refractivity contribution < 1.29 is 4.79 Å². The van der Waals surface area contributed by atoms with Gasteiger partial charge in [-0.2, -0.15) is 0 Å². The Morgan fingerprint density at radius 2 is 1.64 bits per heavy atom. The molecule has 0 aliphatic heterocycles. The highest BCUT2D eigenvalue weighted by Gasteiger charge is 2.36. The van der Waals surface area contributed by atoms with Crippen molar-refractivity contribution in [1.82, 2.24) is 4.90 Å². The SMILES string of the molecule is CCC(=O)N(C1CCCCC1)C1CC1. The van der Waals surface area contributed by atoms with Gasteiger partial charge in [0.15, 0.2) is 0 Å². The molecule has 0 aromatic rings. The molecule has 1 amide bonds. The van der Waals surface area contributed by atoms with E-state index in [0.29, 0.717) is 24.4 Å². The van der Waals surface area contributed by atoms with Gasteiger partial charge in [-0.15, -0.1) is 0 Å². The van der Waals surface area contributed by atoms with Gasteiger partial charge in [0.2, 0.25) is 5.91 Å². The van der Waals surface area contributed by atoms with E-state index in [0.717, 1.165) is 0 Å². The predicted molar refractivity (Wildman–Crippen MR) is 57.0 cm³/mol. The van der Waals surface area contributed by atoms with Crippen LogP contribution >= 0.6 is 0 Å². The number of hydrogen-bond acceptors (Lipinski definition) is 1. The minimum atomic E-state index is 0.388. The Morgan fingerprint density at radius 1 is 1.07 bits per heavy atom. The Labute approximate surface area is 86.7 Å². The molecule has 0 unspecified atom stereocenters. The lowest BCUT2D eigenvalue weighted by Gasteiger charge is -2.34. The molecule has 0 spiro atoms. The first-order valence-electron chi connectivity index (χ1n) is 6.14. The highest BCUT2D eigenvalue weighted by molar-refractivity contribution is 5.76. The highest BCUT2D eigenvalue weighted by atomic mass is 16.2. The topological polar surface area (TPSA) is 20.3 Å². The van der Waals surface area contributed by atoms with Gasteiger partial charge >= 0.3 is 0 Å². The fourth-order valence-electron chi connectivity index (χ4n) is 2.60. The molecule has 80 valence electrons. The third-order valence-corrected chi connectivity index (χ3v) is 3.50. The average molecular weight is 195 g/mol. The van der Waals surface area contributed by atoms with Crippen molar-refractivity contribution in [3.8, 4) is 0 Å². The van der Waals surface area contributed by atoms with Crippen LogP contribution in [0.5, 0.6) is 0 Å². The Kier molecular flexibility index (Phi) is 3.09. The molecule has 0 saturated heterocycles. The normalized spacial score (nSPS) is 23.5. The zero-order chi connectivity index (χ0) is 9.97. The van der Waals surface area contributed by atoms with Crippen molar-refractivity contribution in [3.63, 3.8) is 0 Å². The van der Waals surface area contributed by atoms with Crippen LogP contribution in [0.25, 0.3) is 0 Å². The van der Waals surface area contributed by atoms with Crippen LogP contribution in [0.2, 0.25) is 0 Å². The maximum atomic E-state index is 11.8. The third-order valence-electron chi connectivity index (χ3n) is 3.50. The van der Waals surface area contributed by atoms with Crippen LogP contribution in [-0.2, 0) is 4.79 Å². The second kappa shape index (κ2) is 4.33. The second-order valence-electron chi connectivity index (χ2n) is 4.68. The number of hydrogen-bond donors (Lipinski definition) is 0. The fraction of sp³-hybridized carbons (Fsp3) is 0.917. The fourth-order valence-corrected chi connectivity index (χ4v) is 2.60. The van der Waals surface area contributed by atoms with E-state index >= 15 is 0 Å². The van der Waals surface area contributed by atoms with Crippen molar-refractivity contribution in [2.45, 2.75) is 70.4 Å². The Hall–Kier alpha value is -0.530. The molecule has 2 saturated carbocycles. The Bertz CT molecular complexity index is 204. The zero-order valence-electron chi connectivity index (χ0n) is 9.17. The quantitative estimate of drug-likeness (QED) is 0.678. The maximum absolute atomic E-state index is 11.8. The van der Waals surface area contributed by atoms with Gasteiger partial charge in [-0.1, -0.05) is 26.2 Å². The van der Waals surface area contributed by atoms with Gasteiger partial charge in [0.05, 0.1) is 0 Å². The first-order chi connectivity index (χ1) is 6.83.